The first kappa shape index (κ1) is 17.5. The molecule has 6 nitrogen and oxygen atoms in total. The van der Waals surface area contributed by atoms with Crippen molar-refractivity contribution in [2.24, 2.45) is 0 Å². The number of pyridine rings is 1. The van der Waals surface area contributed by atoms with Crippen LogP contribution in [0.1, 0.15) is 40.0 Å². The molecule has 2 aliphatic rings. The van der Waals surface area contributed by atoms with Gasteiger partial charge in [-0.05, 0) is 43.5 Å². The van der Waals surface area contributed by atoms with E-state index in [0.717, 1.165) is 12.8 Å². The molecule has 1 saturated heterocycles. The van der Waals surface area contributed by atoms with Gasteiger partial charge in [0, 0.05) is 38.6 Å². The molecule has 0 atom stereocenters. The third-order valence-corrected chi connectivity index (χ3v) is 5.23. The number of hydrogen-bond acceptors (Lipinski definition) is 4. The molecule has 1 aliphatic carbocycles. The lowest BCUT2D eigenvalue weighted by atomic mass is 9.96. The fraction of sp³-hybridized carbons (Fsp3) is 0.381. The molecule has 2 aromatic rings. The molecule has 2 heterocycles. The van der Waals surface area contributed by atoms with Crippen molar-refractivity contribution in [2.75, 3.05) is 26.2 Å². The Morgan fingerprint density at radius 1 is 0.926 bits per heavy atom. The Balaban J connectivity index is 1.40. The normalized spacial score (nSPS) is 17.3. The molecular formula is C21H23N3O3. The molecule has 27 heavy (non-hydrogen) atoms. The summed E-state index contributed by atoms with van der Waals surface area (Å²) in [6.07, 6.45) is 6.75. The van der Waals surface area contributed by atoms with Gasteiger partial charge in [0.1, 0.15) is 5.75 Å². The van der Waals surface area contributed by atoms with E-state index in [1.54, 1.807) is 34.3 Å². The molecule has 1 aliphatic heterocycles. The number of ether oxygens (including phenoxy) is 1. The molecule has 4 rings (SSSR count). The van der Waals surface area contributed by atoms with Crippen LogP contribution in [0.5, 0.6) is 5.75 Å². The number of carbonyl (C=O) groups is 2. The lowest BCUT2D eigenvalue weighted by molar-refractivity contribution is 0.0528. The number of aromatic nitrogens is 1. The summed E-state index contributed by atoms with van der Waals surface area (Å²) in [5.41, 5.74) is 1.19. The number of rotatable bonds is 4. The molecule has 1 saturated carbocycles. The van der Waals surface area contributed by atoms with E-state index < -0.39 is 0 Å². The van der Waals surface area contributed by atoms with Gasteiger partial charge in [0.15, 0.2) is 0 Å². The highest BCUT2D eigenvalue weighted by molar-refractivity contribution is 5.97. The summed E-state index contributed by atoms with van der Waals surface area (Å²) >= 11 is 0. The van der Waals surface area contributed by atoms with Crippen LogP contribution in [-0.4, -0.2) is 58.9 Å². The number of hydrogen-bond donors (Lipinski definition) is 0. The first-order valence-corrected chi connectivity index (χ1v) is 9.46. The van der Waals surface area contributed by atoms with Crippen molar-refractivity contribution >= 4 is 11.8 Å². The fourth-order valence-corrected chi connectivity index (χ4v) is 3.37. The van der Waals surface area contributed by atoms with Crippen molar-refractivity contribution in [3.05, 3.63) is 59.9 Å². The van der Waals surface area contributed by atoms with Crippen LogP contribution >= 0.6 is 0 Å². The van der Waals surface area contributed by atoms with Crippen LogP contribution in [0, 0.1) is 0 Å². The first-order chi connectivity index (χ1) is 13.2. The van der Waals surface area contributed by atoms with E-state index in [9.17, 15) is 9.59 Å². The Morgan fingerprint density at radius 2 is 1.63 bits per heavy atom. The van der Waals surface area contributed by atoms with Gasteiger partial charge in [-0.15, -0.1) is 0 Å². The topological polar surface area (TPSA) is 62.7 Å². The highest BCUT2D eigenvalue weighted by atomic mass is 16.5. The summed E-state index contributed by atoms with van der Waals surface area (Å²) < 4.78 is 5.99. The van der Waals surface area contributed by atoms with Gasteiger partial charge >= 0.3 is 0 Å². The highest BCUT2D eigenvalue weighted by Crippen LogP contribution is 2.28. The molecule has 0 radical (unpaired) electrons. The quantitative estimate of drug-likeness (QED) is 0.836. The van der Waals surface area contributed by atoms with Crippen LogP contribution < -0.4 is 4.74 Å². The van der Waals surface area contributed by atoms with Crippen molar-refractivity contribution in [3.63, 3.8) is 0 Å². The Bertz CT molecular complexity index is 812. The van der Waals surface area contributed by atoms with E-state index in [1.807, 2.05) is 24.3 Å². The predicted octanol–water partition coefficient (Wildman–Crippen LogP) is 2.61. The summed E-state index contributed by atoms with van der Waals surface area (Å²) in [7, 11) is 0. The number of piperazine rings is 1. The van der Waals surface area contributed by atoms with E-state index >= 15 is 0 Å². The molecule has 0 unspecified atom stereocenters. The standard InChI is InChI=1S/C21H23N3O3/c25-20(16-5-4-10-22-15-16)23-11-13-24(14-12-23)21(26)18-8-1-2-9-19(18)27-17-6-3-7-17/h1-2,4-5,8-10,15,17H,3,6-7,11-14H2. The second-order valence-corrected chi connectivity index (χ2v) is 6.99. The highest BCUT2D eigenvalue weighted by Gasteiger charge is 2.28. The van der Waals surface area contributed by atoms with Crippen LogP contribution in [0.15, 0.2) is 48.8 Å². The van der Waals surface area contributed by atoms with Crippen molar-refractivity contribution in [1.82, 2.24) is 14.8 Å². The second kappa shape index (κ2) is 7.78. The minimum atomic E-state index is -0.0380. The minimum Gasteiger partial charge on any atom is -0.490 e. The van der Waals surface area contributed by atoms with E-state index in [4.69, 9.17) is 4.74 Å². The molecule has 1 aromatic heterocycles. The zero-order chi connectivity index (χ0) is 18.6. The van der Waals surface area contributed by atoms with E-state index in [1.165, 1.54) is 6.42 Å². The van der Waals surface area contributed by atoms with Crippen LogP contribution in [0.25, 0.3) is 0 Å². The van der Waals surface area contributed by atoms with Gasteiger partial charge in [-0.3, -0.25) is 14.6 Å². The van der Waals surface area contributed by atoms with Crippen LogP contribution in [0.3, 0.4) is 0 Å². The zero-order valence-electron chi connectivity index (χ0n) is 15.2. The first-order valence-electron chi connectivity index (χ1n) is 9.46. The van der Waals surface area contributed by atoms with Gasteiger partial charge in [0.05, 0.1) is 17.2 Å². The van der Waals surface area contributed by atoms with Crippen LogP contribution in [-0.2, 0) is 0 Å². The molecular weight excluding hydrogens is 342 g/mol. The maximum atomic E-state index is 13.0. The van der Waals surface area contributed by atoms with Gasteiger partial charge in [0.25, 0.3) is 11.8 Å². The molecule has 0 spiro atoms. The Labute approximate surface area is 158 Å². The Kier molecular flexibility index (Phi) is 5.05. The Morgan fingerprint density at radius 3 is 2.26 bits per heavy atom. The fourth-order valence-electron chi connectivity index (χ4n) is 3.37. The van der Waals surface area contributed by atoms with E-state index in [2.05, 4.69) is 4.98 Å². The van der Waals surface area contributed by atoms with Gasteiger partial charge in [-0.2, -0.15) is 0 Å². The number of carbonyl (C=O) groups excluding carboxylic acids is 2. The number of amides is 2. The largest absolute Gasteiger partial charge is 0.490 e. The molecule has 140 valence electrons. The van der Waals surface area contributed by atoms with Gasteiger partial charge in [0.2, 0.25) is 0 Å². The lowest BCUT2D eigenvalue weighted by Gasteiger charge is -2.35. The smallest absolute Gasteiger partial charge is 0.257 e. The van der Waals surface area contributed by atoms with Crippen molar-refractivity contribution in [1.29, 1.82) is 0 Å². The maximum absolute atomic E-state index is 13.0. The summed E-state index contributed by atoms with van der Waals surface area (Å²) in [4.78, 5) is 33.1. The second-order valence-electron chi connectivity index (χ2n) is 6.99. The number of nitrogens with zero attached hydrogens (tertiary/aromatic N) is 3. The zero-order valence-corrected chi connectivity index (χ0v) is 15.2. The third-order valence-electron chi connectivity index (χ3n) is 5.23. The summed E-state index contributed by atoms with van der Waals surface area (Å²) in [6, 6.07) is 11.0. The predicted molar refractivity (Wildman–Crippen MR) is 101 cm³/mol. The van der Waals surface area contributed by atoms with Gasteiger partial charge in [-0.1, -0.05) is 12.1 Å². The molecule has 6 heteroatoms. The SMILES string of the molecule is O=C(c1cccnc1)N1CCN(C(=O)c2ccccc2OC2CCC2)CC1. The summed E-state index contributed by atoms with van der Waals surface area (Å²) in [5, 5.41) is 0. The maximum Gasteiger partial charge on any atom is 0.257 e. The van der Waals surface area contributed by atoms with Crippen LogP contribution in [0.4, 0.5) is 0 Å². The van der Waals surface area contributed by atoms with Crippen molar-refractivity contribution in [2.45, 2.75) is 25.4 Å². The number of para-hydroxylation sites is 1. The van der Waals surface area contributed by atoms with Gasteiger partial charge in [-0.25, -0.2) is 0 Å². The minimum absolute atomic E-state index is 0.0293. The average Bonchev–Trinajstić information content (AvgIpc) is 2.71. The molecule has 1 aromatic carbocycles. The van der Waals surface area contributed by atoms with Crippen molar-refractivity contribution < 1.29 is 14.3 Å². The number of benzene rings is 1. The molecule has 2 fully saturated rings. The molecule has 2 amide bonds. The summed E-state index contributed by atoms with van der Waals surface area (Å²) in [5.74, 6) is 0.600. The third kappa shape index (κ3) is 3.79. The average molecular weight is 365 g/mol. The van der Waals surface area contributed by atoms with Crippen molar-refractivity contribution in [3.8, 4) is 5.75 Å². The van der Waals surface area contributed by atoms with Gasteiger partial charge < -0.3 is 14.5 Å². The van der Waals surface area contributed by atoms with E-state index in [0.29, 0.717) is 43.1 Å². The van der Waals surface area contributed by atoms with E-state index in [-0.39, 0.29) is 17.9 Å². The monoisotopic (exact) mass is 365 g/mol. The Hall–Kier alpha value is -2.89. The lowest BCUT2D eigenvalue weighted by Crippen LogP contribution is -2.50. The summed E-state index contributed by atoms with van der Waals surface area (Å²) in [6.45, 7) is 2.07. The molecule has 0 bridgehead atoms. The van der Waals surface area contributed by atoms with Crippen LogP contribution in [0.2, 0.25) is 0 Å². The molecule has 0 N–H and O–H groups in total.